The molecule has 1 nitrogen and oxygen atoms in total. The third kappa shape index (κ3) is 3.76. The highest BCUT2D eigenvalue weighted by Gasteiger charge is 2.02. The largest absolute Gasteiger partial charge is 0.312 e. The second-order valence-electron chi connectivity index (χ2n) is 3.76. The molecule has 1 rings (SSSR count). The molecule has 0 heterocycles. The molecular weight excluding hydrogens is 245 g/mol. The van der Waals surface area contributed by atoms with E-state index in [-0.39, 0.29) is 5.82 Å². The van der Waals surface area contributed by atoms with Crippen LogP contribution in [0.5, 0.6) is 0 Å². The summed E-state index contributed by atoms with van der Waals surface area (Å²) in [5.41, 5.74) is 0.717. The Morgan fingerprint density at radius 1 is 1.43 bits per heavy atom. The summed E-state index contributed by atoms with van der Waals surface area (Å²) >= 11 is 3.23. The van der Waals surface area contributed by atoms with Crippen LogP contribution >= 0.6 is 15.9 Å². The van der Waals surface area contributed by atoms with E-state index in [0.29, 0.717) is 18.0 Å². The molecule has 0 unspecified atom stereocenters. The molecule has 14 heavy (non-hydrogen) atoms. The summed E-state index contributed by atoms with van der Waals surface area (Å²) in [6.45, 7) is 5.77. The van der Waals surface area contributed by atoms with Crippen molar-refractivity contribution in [1.29, 1.82) is 0 Å². The molecule has 1 aromatic rings. The van der Waals surface area contributed by atoms with Crippen molar-refractivity contribution in [2.45, 2.75) is 20.4 Å². The van der Waals surface area contributed by atoms with Gasteiger partial charge in [0.25, 0.3) is 0 Å². The van der Waals surface area contributed by atoms with Gasteiger partial charge in [0.05, 0.1) is 0 Å². The first kappa shape index (κ1) is 11.7. The van der Waals surface area contributed by atoms with Gasteiger partial charge < -0.3 is 5.32 Å². The van der Waals surface area contributed by atoms with Crippen molar-refractivity contribution in [3.63, 3.8) is 0 Å². The summed E-state index contributed by atoms with van der Waals surface area (Å²) in [7, 11) is 0. The molecule has 0 aliphatic rings. The number of nitrogens with one attached hydrogen (secondary N) is 1. The summed E-state index contributed by atoms with van der Waals surface area (Å²) in [6, 6.07) is 5.15. The Bertz CT molecular complexity index is 299. The Kier molecular flexibility index (Phi) is 4.55. The van der Waals surface area contributed by atoms with Crippen LogP contribution in [0, 0.1) is 11.7 Å². The van der Waals surface area contributed by atoms with E-state index in [0.717, 1.165) is 11.0 Å². The van der Waals surface area contributed by atoms with Crippen LogP contribution in [0.15, 0.2) is 22.7 Å². The fourth-order valence-electron chi connectivity index (χ4n) is 1.16. The SMILES string of the molecule is CC(C)CNCc1ccc(Br)cc1F. The van der Waals surface area contributed by atoms with Gasteiger partial charge in [0.1, 0.15) is 5.82 Å². The first-order valence-electron chi connectivity index (χ1n) is 4.74. The van der Waals surface area contributed by atoms with Crippen molar-refractivity contribution >= 4 is 15.9 Å². The summed E-state index contributed by atoms with van der Waals surface area (Å²) < 4.78 is 14.1. The number of rotatable bonds is 4. The van der Waals surface area contributed by atoms with E-state index in [1.54, 1.807) is 6.07 Å². The molecule has 0 aliphatic heterocycles. The quantitative estimate of drug-likeness (QED) is 0.875. The smallest absolute Gasteiger partial charge is 0.128 e. The van der Waals surface area contributed by atoms with E-state index in [1.807, 2.05) is 6.07 Å². The molecule has 0 atom stereocenters. The van der Waals surface area contributed by atoms with Gasteiger partial charge in [-0.15, -0.1) is 0 Å². The maximum atomic E-state index is 13.3. The van der Waals surface area contributed by atoms with Crippen molar-refractivity contribution in [1.82, 2.24) is 5.32 Å². The van der Waals surface area contributed by atoms with Crippen molar-refractivity contribution in [3.05, 3.63) is 34.1 Å². The standard InChI is InChI=1S/C11H15BrFN/c1-8(2)6-14-7-9-3-4-10(12)5-11(9)13/h3-5,8,14H,6-7H2,1-2H3. The molecule has 78 valence electrons. The second-order valence-corrected chi connectivity index (χ2v) is 4.68. The molecule has 0 aromatic heterocycles. The van der Waals surface area contributed by atoms with Crippen LogP contribution in [0.1, 0.15) is 19.4 Å². The van der Waals surface area contributed by atoms with E-state index in [9.17, 15) is 4.39 Å². The Morgan fingerprint density at radius 3 is 2.71 bits per heavy atom. The van der Waals surface area contributed by atoms with E-state index < -0.39 is 0 Å². The van der Waals surface area contributed by atoms with Crippen LogP contribution < -0.4 is 5.32 Å². The van der Waals surface area contributed by atoms with Gasteiger partial charge in [-0.25, -0.2) is 4.39 Å². The summed E-state index contributed by atoms with van der Waals surface area (Å²) in [5.74, 6) is 0.434. The lowest BCUT2D eigenvalue weighted by molar-refractivity contribution is 0.534. The zero-order chi connectivity index (χ0) is 10.6. The van der Waals surface area contributed by atoms with Crippen LogP contribution in [0.2, 0.25) is 0 Å². The molecule has 1 N–H and O–H groups in total. The third-order valence-corrected chi connectivity index (χ3v) is 2.38. The fraction of sp³-hybridized carbons (Fsp3) is 0.455. The molecule has 0 saturated heterocycles. The lowest BCUT2D eigenvalue weighted by atomic mass is 10.2. The van der Waals surface area contributed by atoms with Crippen LogP contribution in [0.25, 0.3) is 0 Å². The monoisotopic (exact) mass is 259 g/mol. The molecule has 0 spiro atoms. The first-order valence-corrected chi connectivity index (χ1v) is 5.53. The molecule has 1 aromatic carbocycles. The van der Waals surface area contributed by atoms with E-state index in [2.05, 4.69) is 35.1 Å². The molecule has 0 saturated carbocycles. The van der Waals surface area contributed by atoms with Gasteiger partial charge >= 0.3 is 0 Å². The van der Waals surface area contributed by atoms with Gasteiger partial charge in [0.15, 0.2) is 0 Å². The summed E-state index contributed by atoms with van der Waals surface area (Å²) in [4.78, 5) is 0. The van der Waals surface area contributed by atoms with E-state index >= 15 is 0 Å². The van der Waals surface area contributed by atoms with Gasteiger partial charge in [-0.3, -0.25) is 0 Å². The average molecular weight is 260 g/mol. The zero-order valence-electron chi connectivity index (χ0n) is 8.48. The zero-order valence-corrected chi connectivity index (χ0v) is 10.1. The number of halogens is 2. The third-order valence-electron chi connectivity index (χ3n) is 1.88. The van der Waals surface area contributed by atoms with Gasteiger partial charge in [0.2, 0.25) is 0 Å². The predicted molar refractivity (Wildman–Crippen MR) is 60.6 cm³/mol. The Morgan fingerprint density at radius 2 is 2.14 bits per heavy atom. The van der Waals surface area contributed by atoms with E-state index in [1.165, 1.54) is 6.07 Å². The maximum Gasteiger partial charge on any atom is 0.128 e. The molecule has 3 heteroatoms. The minimum atomic E-state index is -0.157. The van der Waals surface area contributed by atoms with E-state index in [4.69, 9.17) is 0 Å². The number of benzene rings is 1. The summed E-state index contributed by atoms with van der Waals surface area (Å²) in [6.07, 6.45) is 0. The summed E-state index contributed by atoms with van der Waals surface area (Å²) in [5, 5.41) is 3.21. The van der Waals surface area contributed by atoms with Crippen molar-refractivity contribution in [2.75, 3.05) is 6.54 Å². The molecule has 0 radical (unpaired) electrons. The highest BCUT2D eigenvalue weighted by molar-refractivity contribution is 9.10. The van der Waals surface area contributed by atoms with Gasteiger partial charge in [0, 0.05) is 16.6 Å². The average Bonchev–Trinajstić information content (AvgIpc) is 2.08. The normalized spacial score (nSPS) is 10.9. The highest BCUT2D eigenvalue weighted by Crippen LogP contribution is 2.14. The Labute approximate surface area is 92.8 Å². The Hall–Kier alpha value is -0.410. The van der Waals surface area contributed by atoms with Crippen LogP contribution in [-0.2, 0) is 6.54 Å². The highest BCUT2D eigenvalue weighted by atomic mass is 79.9. The lowest BCUT2D eigenvalue weighted by Crippen LogP contribution is -2.19. The van der Waals surface area contributed by atoms with Crippen LogP contribution in [0.4, 0.5) is 4.39 Å². The molecule has 0 aliphatic carbocycles. The van der Waals surface area contributed by atoms with Gasteiger partial charge in [-0.1, -0.05) is 35.8 Å². The van der Waals surface area contributed by atoms with Crippen LogP contribution in [0.3, 0.4) is 0 Å². The maximum absolute atomic E-state index is 13.3. The Balaban J connectivity index is 2.51. The number of hydrogen-bond acceptors (Lipinski definition) is 1. The topological polar surface area (TPSA) is 12.0 Å². The number of hydrogen-bond donors (Lipinski definition) is 1. The lowest BCUT2D eigenvalue weighted by Gasteiger charge is -2.08. The fourth-order valence-corrected chi connectivity index (χ4v) is 1.49. The van der Waals surface area contributed by atoms with Crippen molar-refractivity contribution < 1.29 is 4.39 Å². The minimum Gasteiger partial charge on any atom is -0.312 e. The van der Waals surface area contributed by atoms with Gasteiger partial charge in [-0.2, -0.15) is 0 Å². The molecule has 0 bridgehead atoms. The van der Waals surface area contributed by atoms with Crippen LogP contribution in [-0.4, -0.2) is 6.54 Å². The second kappa shape index (κ2) is 5.47. The van der Waals surface area contributed by atoms with Crippen molar-refractivity contribution in [3.8, 4) is 0 Å². The minimum absolute atomic E-state index is 0.157. The molecular formula is C11H15BrFN. The molecule has 0 fully saturated rings. The molecule has 0 amide bonds. The first-order chi connectivity index (χ1) is 6.59. The predicted octanol–water partition coefficient (Wildman–Crippen LogP) is 3.33. The van der Waals surface area contributed by atoms with Gasteiger partial charge in [-0.05, 0) is 24.6 Å². The van der Waals surface area contributed by atoms with Crippen molar-refractivity contribution in [2.24, 2.45) is 5.92 Å².